The summed E-state index contributed by atoms with van der Waals surface area (Å²) in [5.41, 5.74) is 1.90. The Hall–Kier alpha value is -3.38. The average Bonchev–Trinajstić information content (AvgIpc) is 3.01. The van der Waals surface area contributed by atoms with Gasteiger partial charge < -0.3 is 4.74 Å². The van der Waals surface area contributed by atoms with Crippen LogP contribution in [-0.2, 0) is 11.4 Å². The number of imide groups is 1. The van der Waals surface area contributed by atoms with Crippen LogP contribution in [0, 0.1) is 5.82 Å². The summed E-state index contributed by atoms with van der Waals surface area (Å²) in [6, 6.07) is 22.2. The Kier molecular flexibility index (Phi) is 5.44. The highest BCUT2D eigenvalue weighted by Crippen LogP contribution is 2.36. The summed E-state index contributed by atoms with van der Waals surface area (Å²) in [4.78, 5) is 26.6. The summed E-state index contributed by atoms with van der Waals surface area (Å²) in [6.07, 6.45) is 1.65. The van der Waals surface area contributed by atoms with Gasteiger partial charge in [-0.3, -0.25) is 9.59 Å². The molecule has 0 radical (unpaired) electrons. The number of halogens is 1. The number of rotatable bonds is 5. The van der Waals surface area contributed by atoms with Gasteiger partial charge in [-0.1, -0.05) is 48.5 Å². The largest absolute Gasteiger partial charge is 0.488 e. The molecule has 0 unspecified atom stereocenters. The lowest BCUT2D eigenvalue weighted by Crippen LogP contribution is -2.27. The van der Waals surface area contributed by atoms with Crippen LogP contribution in [0.4, 0.5) is 14.9 Å². The third-order valence-corrected chi connectivity index (χ3v) is 5.17. The zero-order valence-electron chi connectivity index (χ0n) is 15.2. The molecule has 0 aromatic heterocycles. The molecule has 1 fully saturated rings. The molecule has 0 bridgehead atoms. The molecule has 4 rings (SSSR count). The number of benzene rings is 3. The molecule has 2 amide bonds. The molecule has 0 spiro atoms. The minimum absolute atomic E-state index is 0.189. The minimum Gasteiger partial charge on any atom is -0.488 e. The molecule has 0 atom stereocenters. The van der Waals surface area contributed by atoms with Gasteiger partial charge in [-0.2, -0.15) is 0 Å². The smallest absolute Gasteiger partial charge is 0.298 e. The van der Waals surface area contributed by atoms with Crippen molar-refractivity contribution >= 4 is 34.7 Å². The van der Waals surface area contributed by atoms with E-state index < -0.39 is 0 Å². The number of hydrogen-bond acceptors (Lipinski definition) is 4. The summed E-state index contributed by atoms with van der Waals surface area (Å²) in [6.45, 7) is 0.189. The number of ether oxygens (including phenoxy) is 1. The number of carbonyl (C=O) groups excluding carboxylic acids is 2. The van der Waals surface area contributed by atoms with E-state index in [0.29, 0.717) is 27.5 Å². The van der Waals surface area contributed by atoms with E-state index in [2.05, 4.69) is 0 Å². The normalized spacial score (nSPS) is 15.2. The van der Waals surface area contributed by atoms with E-state index in [0.717, 1.165) is 16.7 Å². The Balaban J connectivity index is 1.57. The highest BCUT2D eigenvalue weighted by molar-refractivity contribution is 8.19. The SMILES string of the molecule is O=C1S/C(=C\c2ccccc2OCc2cccc(F)c2)C(=O)N1c1ccccc1. The molecule has 3 aromatic rings. The van der Waals surface area contributed by atoms with E-state index in [-0.39, 0.29) is 23.6 Å². The number of nitrogens with zero attached hydrogens (tertiary/aromatic N) is 1. The maximum atomic E-state index is 13.4. The van der Waals surface area contributed by atoms with Crippen molar-refractivity contribution in [2.45, 2.75) is 6.61 Å². The molecule has 29 heavy (non-hydrogen) atoms. The van der Waals surface area contributed by atoms with Crippen molar-refractivity contribution in [3.05, 3.63) is 101 Å². The first-order valence-electron chi connectivity index (χ1n) is 8.91. The van der Waals surface area contributed by atoms with Crippen LogP contribution in [0.2, 0.25) is 0 Å². The third kappa shape index (κ3) is 4.22. The topological polar surface area (TPSA) is 46.6 Å². The van der Waals surface area contributed by atoms with Gasteiger partial charge in [0.25, 0.3) is 11.1 Å². The van der Waals surface area contributed by atoms with Crippen molar-refractivity contribution in [1.82, 2.24) is 0 Å². The molecular formula is C23H16FNO3S. The molecule has 4 nitrogen and oxygen atoms in total. The first kappa shape index (κ1) is 19.0. The van der Waals surface area contributed by atoms with E-state index in [9.17, 15) is 14.0 Å². The van der Waals surface area contributed by atoms with Gasteiger partial charge in [0.05, 0.1) is 10.6 Å². The summed E-state index contributed by atoms with van der Waals surface area (Å²) >= 11 is 0.890. The lowest BCUT2D eigenvalue weighted by atomic mass is 10.1. The van der Waals surface area contributed by atoms with Gasteiger partial charge in [0.15, 0.2) is 0 Å². The van der Waals surface area contributed by atoms with Crippen molar-refractivity contribution in [3.63, 3.8) is 0 Å². The molecule has 1 aliphatic heterocycles. The van der Waals surface area contributed by atoms with Crippen molar-refractivity contribution in [1.29, 1.82) is 0 Å². The molecule has 0 aliphatic carbocycles. The lowest BCUT2D eigenvalue weighted by Gasteiger charge is -2.12. The highest BCUT2D eigenvalue weighted by Gasteiger charge is 2.36. The zero-order chi connectivity index (χ0) is 20.2. The van der Waals surface area contributed by atoms with Crippen molar-refractivity contribution in [2.75, 3.05) is 4.90 Å². The maximum absolute atomic E-state index is 13.4. The zero-order valence-corrected chi connectivity index (χ0v) is 16.1. The average molecular weight is 405 g/mol. The van der Waals surface area contributed by atoms with Crippen LogP contribution in [-0.4, -0.2) is 11.1 Å². The molecule has 1 saturated heterocycles. The van der Waals surface area contributed by atoms with E-state index >= 15 is 0 Å². The van der Waals surface area contributed by atoms with Crippen LogP contribution in [0.1, 0.15) is 11.1 Å². The quantitative estimate of drug-likeness (QED) is 0.515. The number of thioether (sulfide) groups is 1. The van der Waals surface area contributed by atoms with Crippen molar-refractivity contribution in [2.24, 2.45) is 0 Å². The van der Waals surface area contributed by atoms with Crippen molar-refractivity contribution in [3.8, 4) is 5.75 Å². The molecule has 3 aromatic carbocycles. The Labute approximate surface area is 171 Å². The van der Waals surface area contributed by atoms with E-state index in [1.807, 2.05) is 18.2 Å². The van der Waals surface area contributed by atoms with Gasteiger partial charge in [-0.25, -0.2) is 9.29 Å². The second-order valence-corrected chi connectivity index (χ2v) is 7.30. The van der Waals surface area contributed by atoms with Crippen LogP contribution in [0.5, 0.6) is 5.75 Å². The predicted octanol–water partition coefficient (Wildman–Crippen LogP) is 5.65. The fourth-order valence-electron chi connectivity index (χ4n) is 2.93. The van der Waals surface area contributed by atoms with Gasteiger partial charge >= 0.3 is 0 Å². The van der Waals surface area contributed by atoms with Crippen LogP contribution >= 0.6 is 11.8 Å². The molecule has 0 saturated carbocycles. The number of amides is 2. The standard InChI is InChI=1S/C23H16FNO3S/c24-18-9-6-7-16(13-18)15-28-20-12-5-4-8-17(20)14-21-22(26)25(23(27)29-21)19-10-2-1-3-11-19/h1-14H,15H2/b21-14-. The number of anilines is 1. The van der Waals surface area contributed by atoms with Crippen LogP contribution in [0.3, 0.4) is 0 Å². The van der Waals surface area contributed by atoms with Gasteiger partial charge in [0, 0.05) is 5.56 Å². The van der Waals surface area contributed by atoms with E-state index in [1.54, 1.807) is 54.6 Å². The second kappa shape index (κ2) is 8.32. The fraction of sp³-hybridized carbons (Fsp3) is 0.0435. The summed E-state index contributed by atoms with van der Waals surface area (Å²) < 4.78 is 19.2. The fourth-order valence-corrected chi connectivity index (χ4v) is 3.76. The van der Waals surface area contributed by atoms with Gasteiger partial charge in [-0.15, -0.1) is 0 Å². The summed E-state index contributed by atoms with van der Waals surface area (Å²) in [5, 5.41) is -0.342. The molecular weight excluding hydrogens is 389 g/mol. The molecule has 1 aliphatic rings. The van der Waals surface area contributed by atoms with Crippen LogP contribution in [0.15, 0.2) is 83.8 Å². The first-order valence-corrected chi connectivity index (χ1v) is 9.73. The summed E-state index contributed by atoms with van der Waals surface area (Å²) in [7, 11) is 0. The third-order valence-electron chi connectivity index (χ3n) is 4.30. The predicted molar refractivity (Wildman–Crippen MR) is 112 cm³/mol. The number of para-hydroxylation sites is 2. The van der Waals surface area contributed by atoms with Gasteiger partial charge in [-0.05, 0) is 53.7 Å². The Morgan fingerprint density at radius 3 is 2.48 bits per heavy atom. The molecule has 144 valence electrons. The van der Waals surface area contributed by atoms with Gasteiger partial charge in [0.1, 0.15) is 18.2 Å². The van der Waals surface area contributed by atoms with Crippen LogP contribution in [0.25, 0.3) is 6.08 Å². The molecule has 6 heteroatoms. The Bertz CT molecular complexity index is 1100. The number of carbonyl (C=O) groups is 2. The molecule has 1 heterocycles. The highest BCUT2D eigenvalue weighted by atomic mass is 32.2. The first-order chi connectivity index (χ1) is 14.1. The lowest BCUT2D eigenvalue weighted by molar-refractivity contribution is -0.113. The second-order valence-electron chi connectivity index (χ2n) is 6.31. The van der Waals surface area contributed by atoms with E-state index in [4.69, 9.17) is 4.74 Å². The Morgan fingerprint density at radius 2 is 1.69 bits per heavy atom. The minimum atomic E-state index is -0.369. The van der Waals surface area contributed by atoms with Crippen LogP contribution < -0.4 is 9.64 Å². The number of hydrogen-bond donors (Lipinski definition) is 0. The Morgan fingerprint density at radius 1 is 0.931 bits per heavy atom. The van der Waals surface area contributed by atoms with Gasteiger partial charge in [0.2, 0.25) is 0 Å². The molecule has 0 N–H and O–H groups in total. The van der Waals surface area contributed by atoms with Crippen molar-refractivity contribution < 1.29 is 18.7 Å². The summed E-state index contributed by atoms with van der Waals surface area (Å²) in [5.74, 6) is -0.150. The van der Waals surface area contributed by atoms with E-state index in [1.165, 1.54) is 12.1 Å². The maximum Gasteiger partial charge on any atom is 0.298 e. The monoisotopic (exact) mass is 405 g/mol.